The van der Waals surface area contributed by atoms with Gasteiger partial charge in [0.1, 0.15) is 0 Å². The summed E-state index contributed by atoms with van der Waals surface area (Å²) in [6.07, 6.45) is 8.14. The molecule has 2 aromatic carbocycles. The molecule has 0 unspecified atom stereocenters. The van der Waals surface area contributed by atoms with Crippen LogP contribution in [0, 0.1) is 13.8 Å². The van der Waals surface area contributed by atoms with Crippen LogP contribution in [0.4, 0.5) is 0 Å². The predicted octanol–water partition coefficient (Wildman–Crippen LogP) is 8.35. The fourth-order valence-corrected chi connectivity index (χ4v) is 7.68. The van der Waals surface area contributed by atoms with Crippen LogP contribution in [0.15, 0.2) is 36.4 Å². The van der Waals surface area contributed by atoms with Crippen molar-refractivity contribution in [1.82, 2.24) is 0 Å². The number of thiophene rings is 2. The zero-order chi connectivity index (χ0) is 18.2. The van der Waals surface area contributed by atoms with Crippen LogP contribution in [-0.2, 0) is 5.41 Å². The van der Waals surface area contributed by atoms with Crippen molar-refractivity contribution < 1.29 is 0 Å². The van der Waals surface area contributed by atoms with E-state index in [4.69, 9.17) is 0 Å². The number of hydrogen-bond donors (Lipinski definition) is 0. The first-order valence-corrected chi connectivity index (χ1v) is 11.9. The SMILES string of the molecule is Cc1cc2cc3c(cc2s1)-c1ccc2sc(C)cc2c1C31CCCCCC1. The third-order valence-corrected chi connectivity index (χ3v) is 8.87. The summed E-state index contributed by atoms with van der Waals surface area (Å²) in [4.78, 5) is 2.86. The molecule has 2 aliphatic carbocycles. The van der Waals surface area contributed by atoms with Crippen molar-refractivity contribution in [3.63, 3.8) is 0 Å². The van der Waals surface area contributed by atoms with Gasteiger partial charge in [0, 0.05) is 24.6 Å². The summed E-state index contributed by atoms with van der Waals surface area (Å²) in [5.74, 6) is 0. The van der Waals surface area contributed by atoms with Gasteiger partial charge < -0.3 is 0 Å². The fourth-order valence-electron chi connectivity index (χ4n) is 5.80. The van der Waals surface area contributed by atoms with Gasteiger partial charge in [-0.2, -0.15) is 0 Å². The standard InChI is InChI=1S/C25H24S2/c1-15-11-17-13-21-19(14-23(17)27-15)18-7-8-22-20(12-16(2)26-22)24(18)25(21)9-5-3-4-6-10-25/h7-8,11-14H,3-6,9-10H2,1-2H3. The Balaban J connectivity index is 1.75. The van der Waals surface area contributed by atoms with E-state index in [1.807, 2.05) is 22.7 Å². The maximum atomic E-state index is 2.56. The van der Waals surface area contributed by atoms with E-state index in [-0.39, 0.29) is 5.41 Å². The van der Waals surface area contributed by atoms with Crippen LogP contribution in [0.25, 0.3) is 31.3 Å². The second-order valence-electron chi connectivity index (χ2n) is 8.55. The Morgan fingerprint density at radius 2 is 1.48 bits per heavy atom. The van der Waals surface area contributed by atoms with E-state index < -0.39 is 0 Å². The second kappa shape index (κ2) is 5.68. The maximum absolute atomic E-state index is 2.56. The van der Waals surface area contributed by atoms with Crippen LogP contribution in [0.1, 0.15) is 59.4 Å². The normalized spacial score (nSPS) is 18.1. The molecule has 0 saturated heterocycles. The number of hydrogen-bond acceptors (Lipinski definition) is 2. The first kappa shape index (κ1) is 16.3. The molecule has 27 heavy (non-hydrogen) atoms. The molecular formula is C25H24S2. The number of benzene rings is 2. The zero-order valence-corrected chi connectivity index (χ0v) is 17.7. The van der Waals surface area contributed by atoms with E-state index in [9.17, 15) is 0 Å². The maximum Gasteiger partial charge on any atom is 0.0351 e. The van der Waals surface area contributed by atoms with Crippen LogP contribution in [0.5, 0.6) is 0 Å². The second-order valence-corrected chi connectivity index (χ2v) is 11.1. The van der Waals surface area contributed by atoms with Gasteiger partial charge in [0.25, 0.3) is 0 Å². The van der Waals surface area contributed by atoms with E-state index in [1.54, 1.807) is 11.1 Å². The predicted molar refractivity (Wildman–Crippen MR) is 121 cm³/mol. The van der Waals surface area contributed by atoms with E-state index in [0.29, 0.717) is 0 Å². The van der Waals surface area contributed by atoms with Gasteiger partial charge in [0.15, 0.2) is 0 Å². The average molecular weight is 389 g/mol. The smallest absolute Gasteiger partial charge is 0.0351 e. The Labute approximate surface area is 168 Å². The van der Waals surface area contributed by atoms with Gasteiger partial charge in [-0.1, -0.05) is 31.7 Å². The Kier molecular flexibility index (Phi) is 3.44. The fraction of sp³-hybridized carbons (Fsp3) is 0.360. The molecule has 0 aliphatic heterocycles. The topological polar surface area (TPSA) is 0 Å². The Morgan fingerprint density at radius 3 is 2.30 bits per heavy atom. The molecule has 0 N–H and O–H groups in total. The lowest BCUT2D eigenvalue weighted by Gasteiger charge is -2.31. The minimum atomic E-state index is 0.234. The number of aryl methyl sites for hydroxylation is 2. The highest BCUT2D eigenvalue weighted by molar-refractivity contribution is 7.19. The van der Waals surface area contributed by atoms with Crippen LogP contribution in [0.3, 0.4) is 0 Å². The lowest BCUT2D eigenvalue weighted by molar-refractivity contribution is 0.460. The van der Waals surface area contributed by atoms with E-state index in [2.05, 4.69) is 50.2 Å². The third kappa shape index (κ3) is 2.20. The Bertz CT molecular complexity index is 1200. The molecule has 6 rings (SSSR count). The molecule has 1 spiro atoms. The summed E-state index contributed by atoms with van der Waals surface area (Å²) in [6.45, 7) is 4.50. The summed E-state index contributed by atoms with van der Waals surface area (Å²) in [6, 6.07) is 14.7. The largest absolute Gasteiger partial charge is 0.141 e. The molecular weight excluding hydrogens is 364 g/mol. The van der Waals surface area contributed by atoms with Gasteiger partial charge in [0.2, 0.25) is 0 Å². The van der Waals surface area contributed by atoms with Crippen LogP contribution >= 0.6 is 22.7 Å². The van der Waals surface area contributed by atoms with E-state index in [0.717, 1.165) is 0 Å². The lowest BCUT2D eigenvalue weighted by Crippen LogP contribution is -2.24. The zero-order valence-electron chi connectivity index (χ0n) is 16.0. The summed E-state index contributed by atoms with van der Waals surface area (Å²) >= 11 is 3.90. The van der Waals surface area contributed by atoms with Gasteiger partial charge in [-0.3, -0.25) is 0 Å². The minimum Gasteiger partial charge on any atom is -0.141 e. The van der Waals surface area contributed by atoms with Crippen molar-refractivity contribution in [3.05, 3.63) is 57.3 Å². The summed E-state index contributed by atoms with van der Waals surface area (Å²) in [5, 5.41) is 2.98. The van der Waals surface area contributed by atoms with Crippen molar-refractivity contribution in [2.45, 2.75) is 57.8 Å². The summed E-state index contributed by atoms with van der Waals surface area (Å²) in [7, 11) is 0. The van der Waals surface area contributed by atoms with Gasteiger partial charge in [-0.15, -0.1) is 22.7 Å². The van der Waals surface area contributed by atoms with Gasteiger partial charge >= 0.3 is 0 Å². The number of fused-ring (bicyclic) bond motifs is 8. The molecule has 2 heterocycles. The van der Waals surface area contributed by atoms with Crippen LogP contribution < -0.4 is 0 Å². The first-order valence-electron chi connectivity index (χ1n) is 10.2. The molecule has 136 valence electrons. The van der Waals surface area contributed by atoms with Crippen LogP contribution in [0.2, 0.25) is 0 Å². The minimum absolute atomic E-state index is 0.234. The van der Waals surface area contributed by atoms with E-state index >= 15 is 0 Å². The molecule has 0 atom stereocenters. The lowest BCUT2D eigenvalue weighted by atomic mass is 9.71. The quantitative estimate of drug-likeness (QED) is 0.284. The number of rotatable bonds is 0. The van der Waals surface area contributed by atoms with Crippen LogP contribution in [-0.4, -0.2) is 0 Å². The molecule has 4 aromatic rings. The van der Waals surface area contributed by atoms with E-state index in [1.165, 1.54) is 79.6 Å². The highest BCUT2D eigenvalue weighted by atomic mass is 32.1. The van der Waals surface area contributed by atoms with Crippen molar-refractivity contribution in [1.29, 1.82) is 0 Å². The molecule has 1 fully saturated rings. The average Bonchev–Trinajstić information content (AvgIpc) is 3.19. The molecule has 0 bridgehead atoms. The summed E-state index contributed by atoms with van der Waals surface area (Å²) < 4.78 is 2.92. The van der Waals surface area contributed by atoms with Gasteiger partial charge in [-0.05, 0) is 90.0 Å². The third-order valence-electron chi connectivity index (χ3n) is 6.85. The molecule has 2 heteroatoms. The summed E-state index contributed by atoms with van der Waals surface area (Å²) in [5.41, 5.74) is 6.56. The first-order chi connectivity index (χ1) is 13.2. The Hall–Kier alpha value is -1.64. The van der Waals surface area contributed by atoms with Gasteiger partial charge in [-0.25, -0.2) is 0 Å². The monoisotopic (exact) mass is 388 g/mol. The molecule has 0 amide bonds. The van der Waals surface area contributed by atoms with Gasteiger partial charge in [0.05, 0.1) is 0 Å². The highest BCUT2D eigenvalue weighted by Crippen LogP contribution is 2.58. The van der Waals surface area contributed by atoms with Crippen molar-refractivity contribution in [2.75, 3.05) is 0 Å². The molecule has 0 nitrogen and oxygen atoms in total. The molecule has 2 aromatic heterocycles. The molecule has 1 saturated carbocycles. The van der Waals surface area contributed by atoms with Crippen molar-refractivity contribution in [2.24, 2.45) is 0 Å². The van der Waals surface area contributed by atoms with Crippen molar-refractivity contribution in [3.8, 4) is 11.1 Å². The molecule has 0 radical (unpaired) electrons. The van der Waals surface area contributed by atoms with Crippen molar-refractivity contribution >= 4 is 42.8 Å². The highest BCUT2D eigenvalue weighted by Gasteiger charge is 2.44. The molecule has 2 aliphatic rings. The Morgan fingerprint density at radius 1 is 0.741 bits per heavy atom.